The summed E-state index contributed by atoms with van der Waals surface area (Å²) in [4.78, 5) is 7.22. The number of nitrogens with zero attached hydrogens (tertiary/aromatic N) is 2. The zero-order valence-electron chi connectivity index (χ0n) is 5.41. The minimum absolute atomic E-state index is 0.0960. The summed E-state index contributed by atoms with van der Waals surface area (Å²) >= 11 is 0. The van der Waals surface area contributed by atoms with Crippen LogP contribution in [-0.4, -0.2) is 15.1 Å². The SMILES string of the molecule is C=CCc1n[c]ncc1O. The van der Waals surface area contributed by atoms with Crippen LogP contribution in [0.4, 0.5) is 0 Å². The Labute approximate surface area is 59.1 Å². The van der Waals surface area contributed by atoms with Gasteiger partial charge in [-0.05, 0) is 0 Å². The van der Waals surface area contributed by atoms with Gasteiger partial charge in [-0.2, -0.15) is 0 Å². The van der Waals surface area contributed by atoms with Crippen molar-refractivity contribution in [2.24, 2.45) is 0 Å². The van der Waals surface area contributed by atoms with Crippen molar-refractivity contribution in [3.8, 4) is 5.75 Å². The summed E-state index contributed by atoms with van der Waals surface area (Å²) in [5, 5.41) is 9.05. The molecule has 1 rings (SSSR count). The van der Waals surface area contributed by atoms with E-state index in [1.54, 1.807) is 6.08 Å². The fourth-order valence-corrected chi connectivity index (χ4v) is 0.598. The van der Waals surface area contributed by atoms with E-state index in [1.165, 1.54) is 6.20 Å². The Kier molecular flexibility index (Phi) is 1.99. The van der Waals surface area contributed by atoms with Crippen LogP contribution >= 0.6 is 0 Å². The summed E-state index contributed by atoms with van der Waals surface area (Å²) in [5.74, 6) is 0.0960. The average molecular weight is 135 g/mol. The third-order valence-electron chi connectivity index (χ3n) is 1.06. The van der Waals surface area contributed by atoms with Gasteiger partial charge in [0.05, 0.1) is 11.9 Å². The highest BCUT2D eigenvalue weighted by Crippen LogP contribution is 2.10. The Morgan fingerprint density at radius 3 is 3.20 bits per heavy atom. The van der Waals surface area contributed by atoms with Crippen molar-refractivity contribution in [3.63, 3.8) is 0 Å². The van der Waals surface area contributed by atoms with Crippen LogP contribution < -0.4 is 0 Å². The van der Waals surface area contributed by atoms with Crippen LogP contribution in [-0.2, 0) is 6.42 Å². The maximum absolute atomic E-state index is 9.05. The molecule has 51 valence electrons. The molecule has 1 radical (unpaired) electrons. The van der Waals surface area contributed by atoms with Crippen molar-refractivity contribution in [3.05, 3.63) is 30.9 Å². The van der Waals surface area contributed by atoms with Crippen molar-refractivity contribution in [2.45, 2.75) is 6.42 Å². The molecule has 0 aromatic carbocycles. The van der Waals surface area contributed by atoms with E-state index in [2.05, 4.69) is 22.9 Å². The predicted molar refractivity (Wildman–Crippen MR) is 36.4 cm³/mol. The molecule has 0 saturated carbocycles. The smallest absolute Gasteiger partial charge is 0.198 e. The van der Waals surface area contributed by atoms with Crippen molar-refractivity contribution in [1.29, 1.82) is 0 Å². The number of aromatic hydroxyl groups is 1. The first-order valence-electron chi connectivity index (χ1n) is 2.86. The molecule has 10 heavy (non-hydrogen) atoms. The highest BCUT2D eigenvalue weighted by Gasteiger charge is 1.97. The van der Waals surface area contributed by atoms with E-state index < -0.39 is 0 Å². The Morgan fingerprint density at radius 1 is 1.80 bits per heavy atom. The second-order valence-electron chi connectivity index (χ2n) is 1.79. The quantitative estimate of drug-likeness (QED) is 0.607. The molecule has 1 heterocycles. The van der Waals surface area contributed by atoms with E-state index in [0.29, 0.717) is 12.1 Å². The number of rotatable bonds is 2. The van der Waals surface area contributed by atoms with Gasteiger partial charge in [-0.1, -0.05) is 6.08 Å². The van der Waals surface area contributed by atoms with Gasteiger partial charge in [0.1, 0.15) is 0 Å². The van der Waals surface area contributed by atoms with E-state index in [9.17, 15) is 0 Å². The molecule has 0 aliphatic heterocycles. The van der Waals surface area contributed by atoms with Crippen LogP contribution in [0, 0.1) is 6.33 Å². The van der Waals surface area contributed by atoms with Gasteiger partial charge >= 0.3 is 0 Å². The fourth-order valence-electron chi connectivity index (χ4n) is 0.598. The van der Waals surface area contributed by atoms with Gasteiger partial charge in [0, 0.05) is 6.42 Å². The van der Waals surface area contributed by atoms with E-state index in [1.807, 2.05) is 0 Å². The Balaban J connectivity index is 2.91. The molecule has 0 unspecified atom stereocenters. The fraction of sp³-hybridized carbons (Fsp3) is 0.143. The van der Waals surface area contributed by atoms with Gasteiger partial charge in [0.15, 0.2) is 12.1 Å². The van der Waals surface area contributed by atoms with Crippen LogP contribution in [0.25, 0.3) is 0 Å². The van der Waals surface area contributed by atoms with Crippen LogP contribution in [0.1, 0.15) is 5.69 Å². The van der Waals surface area contributed by atoms with E-state index in [-0.39, 0.29) is 5.75 Å². The van der Waals surface area contributed by atoms with Gasteiger partial charge < -0.3 is 5.11 Å². The van der Waals surface area contributed by atoms with Crippen molar-refractivity contribution in [1.82, 2.24) is 9.97 Å². The van der Waals surface area contributed by atoms with Crippen LogP contribution in [0.5, 0.6) is 5.75 Å². The maximum atomic E-state index is 9.05. The van der Waals surface area contributed by atoms with Crippen LogP contribution in [0.3, 0.4) is 0 Å². The summed E-state index contributed by atoms with van der Waals surface area (Å²) in [7, 11) is 0. The first-order valence-corrected chi connectivity index (χ1v) is 2.86. The summed E-state index contributed by atoms with van der Waals surface area (Å²) in [6, 6.07) is 0. The number of hydrogen-bond donors (Lipinski definition) is 1. The van der Waals surface area contributed by atoms with Gasteiger partial charge in [-0.3, -0.25) is 0 Å². The summed E-state index contributed by atoms with van der Waals surface area (Å²) < 4.78 is 0. The first-order chi connectivity index (χ1) is 4.84. The molecule has 3 nitrogen and oxygen atoms in total. The zero-order chi connectivity index (χ0) is 7.40. The predicted octanol–water partition coefficient (Wildman–Crippen LogP) is 0.711. The molecule has 0 aliphatic carbocycles. The Hall–Kier alpha value is -1.38. The molecule has 0 fully saturated rings. The Morgan fingerprint density at radius 2 is 2.60 bits per heavy atom. The lowest BCUT2D eigenvalue weighted by molar-refractivity contribution is 0.462. The molecule has 1 aromatic rings. The molecule has 3 heteroatoms. The third-order valence-corrected chi connectivity index (χ3v) is 1.06. The monoisotopic (exact) mass is 135 g/mol. The molecule has 1 N–H and O–H groups in total. The normalized spacial score (nSPS) is 9.20. The molecule has 0 bridgehead atoms. The van der Waals surface area contributed by atoms with Crippen molar-refractivity contribution in [2.75, 3.05) is 0 Å². The summed E-state index contributed by atoms with van der Waals surface area (Å²) in [5.41, 5.74) is 0.560. The molecular formula is C7H7N2O. The molecule has 0 aliphatic rings. The highest BCUT2D eigenvalue weighted by atomic mass is 16.3. The van der Waals surface area contributed by atoms with Crippen molar-refractivity contribution < 1.29 is 5.11 Å². The van der Waals surface area contributed by atoms with Gasteiger partial charge in [0.2, 0.25) is 0 Å². The second kappa shape index (κ2) is 2.96. The molecular weight excluding hydrogens is 128 g/mol. The molecule has 0 amide bonds. The van der Waals surface area contributed by atoms with E-state index in [0.717, 1.165) is 0 Å². The standard InChI is InChI=1S/C7H7N2O/c1-2-3-6-7(10)4-8-5-9-6/h2,4,10H,1,3H2. The van der Waals surface area contributed by atoms with Gasteiger partial charge in [-0.15, -0.1) is 6.58 Å². The number of aromatic nitrogens is 2. The van der Waals surface area contributed by atoms with Gasteiger partial charge in [-0.25, -0.2) is 9.97 Å². The average Bonchev–Trinajstić information content (AvgIpc) is 1.94. The minimum Gasteiger partial charge on any atom is -0.504 e. The topological polar surface area (TPSA) is 46.0 Å². The maximum Gasteiger partial charge on any atom is 0.198 e. The second-order valence-corrected chi connectivity index (χ2v) is 1.79. The van der Waals surface area contributed by atoms with Crippen LogP contribution in [0.2, 0.25) is 0 Å². The molecule has 0 saturated heterocycles. The minimum atomic E-state index is 0.0960. The summed E-state index contributed by atoms with van der Waals surface area (Å²) in [6.07, 6.45) is 5.90. The number of hydrogen-bond acceptors (Lipinski definition) is 3. The zero-order valence-corrected chi connectivity index (χ0v) is 5.41. The Bertz CT molecular complexity index is 235. The van der Waals surface area contributed by atoms with Crippen molar-refractivity contribution >= 4 is 0 Å². The lowest BCUT2D eigenvalue weighted by atomic mass is 10.3. The summed E-state index contributed by atoms with van der Waals surface area (Å²) in [6.45, 7) is 3.51. The molecule has 1 aromatic heterocycles. The number of allylic oxidation sites excluding steroid dienone is 1. The lowest BCUT2D eigenvalue weighted by Crippen LogP contribution is -1.88. The van der Waals surface area contributed by atoms with Gasteiger partial charge in [0.25, 0.3) is 0 Å². The highest BCUT2D eigenvalue weighted by molar-refractivity contribution is 5.22. The lowest BCUT2D eigenvalue weighted by Gasteiger charge is -1.95. The third kappa shape index (κ3) is 1.31. The largest absolute Gasteiger partial charge is 0.504 e. The first kappa shape index (κ1) is 6.74. The van der Waals surface area contributed by atoms with Crippen LogP contribution in [0.15, 0.2) is 18.9 Å². The molecule has 0 spiro atoms. The molecule has 0 atom stereocenters. The van der Waals surface area contributed by atoms with E-state index in [4.69, 9.17) is 5.11 Å². The van der Waals surface area contributed by atoms with E-state index >= 15 is 0 Å².